The van der Waals surface area contributed by atoms with E-state index in [4.69, 9.17) is 4.98 Å². The zero-order valence-electron chi connectivity index (χ0n) is 13.0. The highest BCUT2D eigenvalue weighted by Gasteiger charge is 2.08. The Labute approximate surface area is 140 Å². The van der Waals surface area contributed by atoms with Crippen LogP contribution in [0, 0.1) is 0 Å². The molecule has 3 aromatic carbocycles. The first-order valence-corrected chi connectivity index (χ1v) is 7.82. The summed E-state index contributed by atoms with van der Waals surface area (Å²) in [6.07, 6.45) is 0. The second kappa shape index (κ2) is 6.42. The summed E-state index contributed by atoms with van der Waals surface area (Å²) in [6, 6.07) is 29.9. The molecule has 0 fully saturated rings. The Kier molecular flexibility index (Phi) is 3.82. The van der Waals surface area contributed by atoms with E-state index in [1.807, 2.05) is 91.0 Å². The van der Waals surface area contributed by atoms with Gasteiger partial charge in [-0.05, 0) is 24.3 Å². The van der Waals surface area contributed by atoms with E-state index in [9.17, 15) is 0 Å². The van der Waals surface area contributed by atoms with Crippen molar-refractivity contribution in [2.45, 2.75) is 0 Å². The lowest BCUT2D eigenvalue weighted by molar-refractivity contribution is 1.22. The van der Waals surface area contributed by atoms with Gasteiger partial charge in [-0.3, -0.25) is 0 Å². The molecule has 0 amide bonds. The Bertz CT molecular complexity index is 993. The number of hydrogen-bond acceptors (Lipinski definition) is 3. The van der Waals surface area contributed by atoms with Crippen LogP contribution in [0.2, 0.25) is 0 Å². The molecule has 0 spiro atoms. The van der Waals surface area contributed by atoms with Crippen LogP contribution in [-0.2, 0) is 0 Å². The van der Waals surface area contributed by atoms with Gasteiger partial charge in [0.15, 0.2) is 0 Å². The first-order valence-electron chi connectivity index (χ1n) is 7.82. The number of benzene rings is 3. The van der Waals surface area contributed by atoms with Gasteiger partial charge in [-0.1, -0.05) is 66.7 Å². The van der Waals surface area contributed by atoms with Crippen LogP contribution >= 0.6 is 0 Å². The monoisotopic (exact) mass is 309 g/mol. The molecule has 0 radical (unpaired) electrons. The van der Waals surface area contributed by atoms with E-state index >= 15 is 0 Å². The van der Waals surface area contributed by atoms with E-state index in [1.165, 1.54) is 0 Å². The van der Waals surface area contributed by atoms with Crippen LogP contribution in [0.1, 0.15) is 0 Å². The number of azo groups is 1. The molecule has 1 heterocycles. The Hall–Kier alpha value is -3.33. The van der Waals surface area contributed by atoms with Gasteiger partial charge < -0.3 is 0 Å². The van der Waals surface area contributed by atoms with Gasteiger partial charge in [0.1, 0.15) is 5.69 Å². The molecule has 0 N–H and O–H groups in total. The molecular formula is C21H15N3. The number of pyridine rings is 1. The summed E-state index contributed by atoms with van der Waals surface area (Å²) in [4.78, 5) is 4.80. The molecule has 0 saturated heterocycles. The van der Waals surface area contributed by atoms with Gasteiger partial charge in [0.25, 0.3) is 0 Å². The molecular weight excluding hydrogens is 294 g/mol. The number of nitrogens with zero attached hydrogens (tertiary/aromatic N) is 3. The molecule has 3 nitrogen and oxygen atoms in total. The quantitative estimate of drug-likeness (QED) is 0.408. The van der Waals surface area contributed by atoms with Crippen LogP contribution in [0.3, 0.4) is 0 Å². The van der Waals surface area contributed by atoms with Crippen molar-refractivity contribution < 1.29 is 0 Å². The predicted molar refractivity (Wildman–Crippen MR) is 97.8 cm³/mol. The van der Waals surface area contributed by atoms with Gasteiger partial charge in [-0.15, -0.1) is 5.11 Å². The third-order valence-electron chi connectivity index (χ3n) is 3.78. The average Bonchev–Trinajstić information content (AvgIpc) is 2.67. The molecule has 0 aliphatic rings. The summed E-state index contributed by atoms with van der Waals surface area (Å²) in [6.45, 7) is 0. The van der Waals surface area contributed by atoms with Gasteiger partial charge in [-0.2, -0.15) is 5.11 Å². The van der Waals surface area contributed by atoms with Crippen molar-refractivity contribution in [3.63, 3.8) is 0 Å². The summed E-state index contributed by atoms with van der Waals surface area (Å²) in [5.74, 6) is 0. The van der Waals surface area contributed by atoms with Crippen molar-refractivity contribution in [3.8, 4) is 11.3 Å². The highest BCUT2D eigenvalue weighted by Crippen LogP contribution is 2.32. The molecule has 3 heteroatoms. The van der Waals surface area contributed by atoms with E-state index in [1.54, 1.807) is 0 Å². The van der Waals surface area contributed by atoms with Crippen molar-refractivity contribution in [1.29, 1.82) is 0 Å². The van der Waals surface area contributed by atoms with Crippen LogP contribution in [0.5, 0.6) is 0 Å². The Morgan fingerprint density at radius 1 is 0.625 bits per heavy atom. The third kappa shape index (κ3) is 2.92. The minimum atomic E-state index is 0.767. The smallest absolute Gasteiger partial charge is 0.113 e. The summed E-state index contributed by atoms with van der Waals surface area (Å²) in [5, 5.41) is 9.87. The van der Waals surface area contributed by atoms with Gasteiger partial charge in [0, 0.05) is 10.9 Å². The fourth-order valence-electron chi connectivity index (χ4n) is 2.60. The largest absolute Gasteiger partial charge is 0.245 e. The molecule has 0 aliphatic carbocycles. The highest BCUT2D eigenvalue weighted by atomic mass is 15.1. The van der Waals surface area contributed by atoms with E-state index in [2.05, 4.69) is 10.2 Å². The molecule has 0 aliphatic heterocycles. The Balaban J connectivity index is 1.87. The molecule has 0 saturated carbocycles. The molecule has 1 aromatic heterocycles. The van der Waals surface area contributed by atoms with Crippen LogP contribution in [0.4, 0.5) is 11.4 Å². The Morgan fingerprint density at radius 2 is 1.29 bits per heavy atom. The summed E-state index contributed by atoms with van der Waals surface area (Å²) in [7, 11) is 0. The summed E-state index contributed by atoms with van der Waals surface area (Å²) in [5.41, 5.74) is 4.42. The summed E-state index contributed by atoms with van der Waals surface area (Å²) < 4.78 is 0. The normalized spacial score (nSPS) is 11.2. The van der Waals surface area contributed by atoms with Crippen LogP contribution in [-0.4, -0.2) is 4.98 Å². The van der Waals surface area contributed by atoms with Crippen molar-refractivity contribution in [1.82, 2.24) is 4.98 Å². The van der Waals surface area contributed by atoms with Crippen molar-refractivity contribution in [2.24, 2.45) is 10.2 Å². The number of para-hydroxylation sites is 1. The number of rotatable bonds is 3. The van der Waals surface area contributed by atoms with E-state index < -0.39 is 0 Å². The fourth-order valence-corrected chi connectivity index (χ4v) is 2.60. The van der Waals surface area contributed by atoms with Crippen LogP contribution in [0.15, 0.2) is 101 Å². The zero-order chi connectivity index (χ0) is 16.2. The SMILES string of the molecule is c1ccc(N=Nc2cc3ccccc3nc2-c2ccccc2)cc1. The lowest BCUT2D eigenvalue weighted by Crippen LogP contribution is -1.86. The molecule has 24 heavy (non-hydrogen) atoms. The second-order valence-corrected chi connectivity index (χ2v) is 5.45. The Morgan fingerprint density at radius 3 is 2.08 bits per heavy atom. The van der Waals surface area contributed by atoms with Gasteiger partial charge in [-0.25, -0.2) is 4.98 Å². The number of fused-ring (bicyclic) bond motifs is 1. The fraction of sp³-hybridized carbons (Fsp3) is 0. The average molecular weight is 309 g/mol. The van der Waals surface area contributed by atoms with E-state index in [0.717, 1.165) is 33.5 Å². The van der Waals surface area contributed by atoms with E-state index in [-0.39, 0.29) is 0 Å². The second-order valence-electron chi connectivity index (χ2n) is 5.45. The molecule has 4 aromatic rings. The van der Waals surface area contributed by atoms with Gasteiger partial charge >= 0.3 is 0 Å². The summed E-state index contributed by atoms with van der Waals surface area (Å²) >= 11 is 0. The minimum absolute atomic E-state index is 0.767. The lowest BCUT2D eigenvalue weighted by Gasteiger charge is -2.07. The molecule has 0 bridgehead atoms. The maximum atomic E-state index is 4.80. The van der Waals surface area contributed by atoms with Crippen LogP contribution < -0.4 is 0 Å². The molecule has 4 rings (SSSR count). The standard InChI is InChI=1S/C21H15N3/c1-3-9-16(10-4-1)21-20(24-23-18-12-5-2-6-13-18)15-17-11-7-8-14-19(17)22-21/h1-15H. The van der Waals surface area contributed by atoms with Crippen molar-refractivity contribution >= 4 is 22.3 Å². The first kappa shape index (κ1) is 14.3. The molecule has 0 unspecified atom stereocenters. The predicted octanol–water partition coefficient (Wildman–Crippen LogP) is 6.32. The van der Waals surface area contributed by atoms with Crippen molar-refractivity contribution in [2.75, 3.05) is 0 Å². The first-order chi connectivity index (χ1) is 11.9. The number of aromatic nitrogens is 1. The maximum absolute atomic E-state index is 4.80. The third-order valence-corrected chi connectivity index (χ3v) is 3.78. The van der Waals surface area contributed by atoms with Crippen LogP contribution in [0.25, 0.3) is 22.2 Å². The number of hydrogen-bond donors (Lipinski definition) is 0. The maximum Gasteiger partial charge on any atom is 0.113 e. The highest BCUT2D eigenvalue weighted by molar-refractivity contribution is 5.87. The topological polar surface area (TPSA) is 37.6 Å². The van der Waals surface area contributed by atoms with E-state index in [0.29, 0.717) is 0 Å². The van der Waals surface area contributed by atoms with Gasteiger partial charge in [0.05, 0.1) is 16.9 Å². The molecule has 0 atom stereocenters. The van der Waals surface area contributed by atoms with Crippen molar-refractivity contribution in [3.05, 3.63) is 91.0 Å². The minimum Gasteiger partial charge on any atom is -0.245 e. The lowest BCUT2D eigenvalue weighted by atomic mass is 10.1. The zero-order valence-corrected chi connectivity index (χ0v) is 13.0. The van der Waals surface area contributed by atoms with Gasteiger partial charge in [0.2, 0.25) is 0 Å². The molecule has 114 valence electrons.